The number of carboxylic acid groups (broad SMARTS) is 1. The average Bonchev–Trinajstić information content (AvgIpc) is 2.29. The number of esters is 1. The normalized spacial score (nSPS) is 10.3. The van der Waals surface area contributed by atoms with Crippen LogP contribution in [0.1, 0.15) is 22.6 Å². The van der Waals surface area contributed by atoms with E-state index in [1.165, 1.54) is 19.5 Å². The predicted molar refractivity (Wildman–Crippen MR) is 54.7 cm³/mol. The summed E-state index contributed by atoms with van der Waals surface area (Å²) in [5.41, 5.74) is 0.619. The molecule has 1 N–H and O–H groups in total. The second kappa shape index (κ2) is 5.59. The second-order valence-electron chi connectivity index (χ2n) is 2.83. The van der Waals surface area contributed by atoms with E-state index in [1.54, 1.807) is 12.2 Å². The number of nitrogens with zero attached hydrogens (tertiary/aromatic N) is 2. The van der Waals surface area contributed by atoms with Gasteiger partial charge in [-0.2, -0.15) is 0 Å². The lowest BCUT2D eigenvalue weighted by atomic mass is 10.3. The maximum Gasteiger partial charge on any atom is 0.373 e. The van der Waals surface area contributed by atoms with Crippen molar-refractivity contribution in [3.05, 3.63) is 29.9 Å². The fourth-order valence-electron chi connectivity index (χ4n) is 0.909. The number of carboxylic acids is 1. The van der Waals surface area contributed by atoms with Crippen molar-refractivity contribution in [1.82, 2.24) is 9.97 Å². The molecule has 0 saturated carbocycles. The van der Waals surface area contributed by atoms with Gasteiger partial charge in [-0.25, -0.2) is 14.8 Å². The van der Waals surface area contributed by atoms with Gasteiger partial charge in [0.05, 0.1) is 13.5 Å². The first-order valence-electron chi connectivity index (χ1n) is 4.42. The molecule has 0 saturated heterocycles. The first kappa shape index (κ1) is 11.8. The van der Waals surface area contributed by atoms with Crippen LogP contribution < -0.4 is 0 Å². The van der Waals surface area contributed by atoms with Crippen molar-refractivity contribution in [2.24, 2.45) is 0 Å². The number of aromatic nitrogens is 2. The smallest absolute Gasteiger partial charge is 0.373 e. The number of carbonyl (C=O) groups is 2. The summed E-state index contributed by atoms with van der Waals surface area (Å²) >= 11 is 0. The highest BCUT2D eigenvalue weighted by molar-refractivity contribution is 5.83. The van der Waals surface area contributed by atoms with Gasteiger partial charge < -0.3 is 9.84 Å². The van der Waals surface area contributed by atoms with E-state index in [-0.39, 0.29) is 18.2 Å². The monoisotopic (exact) mass is 222 g/mol. The largest absolute Gasteiger partial charge is 0.475 e. The van der Waals surface area contributed by atoms with Crippen molar-refractivity contribution in [3.8, 4) is 0 Å². The Bertz CT molecular complexity index is 411. The molecule has 0 bridgehead atoms. The molecule has 0 unspecified atom stereocenters. The molecule has 6 heteroatoms. The van der Waals surface area contributed by atoms with Gasteiger partial charge in [-0.15, -0.1) is 0 Å². The van der Waals surface area contributed by atoms with Crippen LogP contribution >= 0.6 is 0 Å². The van der Waals surface area contributed by atoms with E-state index in [2.05, 4.69) is 14.7 Å². The number of carbonyl (C=O) groups excluding carboxylic acids is 1. The topological polar surface area (TPSA) is 89.4 Å². The molecular formula is C10H10N2O4. The third kappa shape index (κ3) is 3.49. The molecule has 0 radical (unpaired) electrons. The lowest BCUT2D eigenvalue weighted by molar-refractivity contribution is -0.139. The Morgan fingerprint density at radius 2 is 2.06 bits per heavy atom. The molecule has 0 aromatic carbocycles. The Morgan fingerprint density at radius 3 is 2.56 bits per heavy atom. The van der Waals surface area contributed by atoms with Gasteiger partial charge in [0.25, 0.3) is 0 Å². The SMILES string of the molecule is COC(=O)CC=Cc1cnc(C(=O)O)nc1. The summed E-state index contributed by atoms with van der Waals surface area (Å²) in [5, 5.41) is 8.55. The van der Waals surface area contributed by atoms with E-state index in [4.69, 9.17) is 5.11 Å². The summed E-state index contributed by atoms with van der Waals surface area (Å²) in [4.78, 5) is 28.4. The number of aromatic carboxylic acids is 1. The zero-order chi connectivity index (χ0) is 12.0. The molecule has 1 aromatic heterocycles. The molecule has 0 spiro atoms. The number of rotatable bonds is 4. The van der Waals surface area contributed by atoms with Crippen molar-refractivity contribution in [2.45, 2.75) is 6.42 Å². The first-order chi connectivity index (χ1) is 7.63. The van der Waals surface area contributed by atoms with Crippen molar-refractivity contribution < 1.29 is 19.4 Å². The Labute approximate surface area is 91.6 Å². The molecule has 1 heterocycles. The van der Waals surface area contributed by atoms with Gasteiger partial charge in [-0.3, -0.25) is 4.79 Å². The Hall–Kier alpha value is -2.24. The zero-order valence-electron chi connectivity index (χ0n) is 8.58. The second-order valence-corrected chi connectivity index (χ2v) is 2.83. The van der Waals surface area contributed by atoms with Crippen molar-refractivity contribution in [2.75, 3.05) is 7.11 Å². The minimum absolute atomic E-state index is 0.150. The van der Waals surface area contributed by atoms with Gasteiger partial charge in [0.1, 0.15) is 0 Å². The van der Waals surface area contributed by atoms with Gasteiger partial charge in [0.2, 0.25) is 5.82 Å². The fraction of sp³-hybridized carbons (Fsp3) is 0.200. The standard InChI is InChI=1S/C10H10N2O4/c1-16-8(13)4-2-3-7-5-11-9(10(14)15)12-6-7/h2-3,5-6H,4H2,1H3,(H,14,15). The van der Waals surface area contributed by atoms with Crippen molar-refractivity contribution >= 4 is 18.0 Å². The van der Waals surface area contributed by atoms with Gasteiger partial charge in [0.15, 0.2) is 0 Å². The molecule has 0 aliphatic heterocycles. The van der Waals surface area contributed by atoms with Crippen LogP contribution in [0.15, 0.2) is 18.5 Å². The Balaban J connectivity index is 2.61. The lowest BCUT2D eigenvalue weighted by Gasteiger charge is -1.94. The van der Waals surface area contributed by atoms with Crippen LogP contribution in [0, 0.1) is 0 Å². The molecule has 0 atom stereocenters. The van der Waals surface area contributed by atoms with E-state index < -0.39 is 5.97 Å². The van der Waals surface area contributed by atoms with Crippen LogP contribution in [0.4, 0.5) is 0 Å². The number of ether oxygens (including phenoxy) is 1. The van der Waals surface area contributed by atoms with Crippen LogP contribution in [-0.4, -0.2) is 34.1 Å². The van der Waals surface area contributed by atoms with E-state index in [0.717, 1.165) is 0 Å². The van der Waals surface area contributed by atoms with Crippen molar-refractivity contribution in [3.63, 3.8) is 0 Å². The minimum atomic E-state index is -1.18. The summed E-state index contributed by atoms with van der Waals surface area (Å²) < 4.78 is 4.44. The molecule has 0 amide bonds. The lowest BCUT2D eigenvalue weighted by Crippen LogP contribution is -2.03. The summed E-state index contributed by atoms with van der Waals surface area (Å²) in [6.45, 7) is 0. The van der Waals surface area contributed by atoms with Gasteiger partial charge in [-0.05, 0) is 0 Å². The zero-order valence-corrected chi connectivity index (χ0v) is 8.58. The van der Waals surface area contributed by atoms with Crippen LogP contribution in [0.25, 0.3) is 6.08 Å². The van der Waals surface area contributed by atoms with Gasteiger partial charge >= 0.3 is 11.9 Å². The van der Waals surface area contributed by atoms with E-state index in [9.17, 15) is 9.59 Å². The first-order valence-corrected chi connectivity index (χ1v) is 4.42. The molecule has 1 rings (SSSR count). The number of methoxy groups -OCH3 is 1. The quantitative estimate of drug-likeness (QED) is 0.756. The Morgan fingerprint density at radius 1 is 1.44 bits per heavy atom. The van der Waals surface area contributed by atoms with E-state index in [0.29, 0.717) is 5.56 Å². The molecule has 84 valence electrons. The summed E-state index contributed by atoms with van der Waals surface area (Å²) in [6.07, 6.45) is 6.08. The van der Waals surface area contributed by atoms with Crippen molar-refractivity contribution in [1.29, 1.82) is 0 Å². The van der Waals surface area contributed by atoms with Gasteiger partial charge in [0, 0.05) is 18.0 Å². The molecular weight excluding hydrogens is 212 g/mol. The maximum absolute atomic E-state index is 10.8. The number of hydrogen-bond acceptors (Lipinski definition) is 5. The maximum atomic E-state index is 10.8. The molecule has 0 aliphatic rings. The highest BCUT2D eigenvalue weighted by Gasteiger charge is 2.04. The molecule has 0 aliphatic carbocycles. The molecule has 16 heavy (non-hydrogen) atoms. The Kier molecular flexibility index (Phi) is 4.14. The molecule has 0 fully saturated rings. The third-order valence-electron chi connectivity index (χ3n) is 1.69. The molecule has 6 nitrogen and oxygen atoms in total. The van der Waals surface area contributed by atoms with Crippen LogP contribution in [-0.2, 0) is 9.53 Å². The van der Waals surface area contributed by atoms with Crippen LogP contribution in [0.5, 0.6) is 0 Å². The highest BCUT2D eigenvalue weighted by atomic mass is 16.5. The summed E-state index contributed by atoms with van der Waals surface area (Å²) in [7, 11) is 1.31. The summed E-state index contributed by atoms with van der Waals surface area (Å²) in [5.74, 6) is -1.78. The van der Waals surface area contributed by atoms with E-state index >= 15 is 0 Å². The molecule has 1 aromatic rings. The van der Waals surface area contributed by atoms with Gasteiger partial charge in [-0.1, -0.05) is 12.2 Å². The fourth-order valence-corrected chi connectivity index (χ4v) is 0.909. The third-order valence-corrected chi connectivity index (χ3v) is 1.69. The van der Waals surface area contributed by atoms with Crippen LogP contribution in [0.3, 0.4) is 0 Å². The minimum Gasteiger partial charge on any atom is -0.475 e. The summed E-state index contributed by atoms with van der Waals surface area (Å²) in [6, 6.07) is 0. The average molecular weight is 222 g/mol. The predicted octanol–water partition coefficient (Wildman–Crippen LogP) is 0.751. The van der Waals surface area contributed by atoms with E-state index in [1.807, 2.05) is 0 Å². The number of hydrogen-bond donors (Lipinski definition) is 1. The highest BCUT2D eigenvalue weighted by Crippen LogP contribution is 2.00. The van der Waals surface area contributed by atoms with Crippen LogP contribution in [0.2, 0.25) is 0 Å².